The standard InChI is InChI=1S/C3H3.BF3HO/c1-2-3-1;2-1(3,4)5/h1H,2H2;5H/q+1;-1. The molecule has 0 aromatic rings. The van der Waals surface area contributed by atoms with Crippen molar-refractivity contribution in [2.45, 2.75) is 6.42 Å². The van der Waals surface area contributed by atoms with Crippen molar-refractivity contribution in [3.63, 3.8) is 0 Å². The summed E-state index contributed by atoms with van der Waals surface area (Å²) in [4.78, 5) is 0. The van der Waals surface area contributed by atoms with Gasteiger partial charge in [-0.3, -0.25) is 0 Å². The van der Waals surface area contributed by atoms with Gasteiger partial charge in [-0.2, -0.15) is 0 Å². The van der Waals surface area contributed by atoms with Crippen molar-refractivity contribution < 1.29 is 18.0 Å². The van der Waals surface area contributed by atoms with Crippen LogP contribution in [-0.4, -0.2) is 12.2 Å². The molecule has 1 rings (SSSR count). The van der Waals surface area contributed by atoms with Crippen LogP contribution in [0.4, 0.5) is 12.9 Å². The van der Waals surface area contributed by atoms with Gasteiger partial charge in [0.2, 0.25) is 18.6 Å². The van der Waals surface area contributed by atoms with E-state index in [1.165, 1.54) is 0 Å². The van der Waals surface area contributed by atoms with Gasteiger partial charge >= 0.3 is 7.18 Å². The minimum Gasteiger partial charge on any atom is -0.523 e. The van der Waals surface area contributed by atoms with Gasteiger partial charge in [0.1, 0.15) is 0 Å². The zero-order chi connectivity index (χ0) is 6.62. The number of hydrogen-bond acceptors (Lipinski definition) is 1. The van der Waals surface area contributed by atoms with E-state index in [1.54, 1.807) is 0 Å². The molecule has 0 fully saturated rings. The molecule has 1 nitrogen and oxygen atoms in total. The molecule has 0 unspecified atom stereocenters. The van der Waals surface area contributed by atoms with Gasteiger partial charge in [0.15, 0.2) is 0 Å². The van der Waals surface area contributed by atoms with Gasteiger partial charge in [-0.15, -0.1) is 0 Å². The van der Waals surface area contributed by atoms with E-state index >= 15 is 0 Å². The highest BCUT2D eigenvalue weighted by Gasteiger charge is 2.17. The second-order valence-electron chi connectivity index (χ2n) is 1.15. The highest BCUT2D eigenvalue weighted by atomic mass is 19.4. The summed E-state index contributed by atoms with van der Waals surface area (Å²) in [5.74, 6) is 0. The van der Waals surface area contributed by atoms with Gasteiger partial charge < -0.3 is 18.0 Å². The van der Waals surface area contributed by atoms with Crippen molar-refractivity contribution in [1.29, 1.82) is 0 Å². The third kappa shape index (κ3) is 504. The molecule has 46 valence electrons. The van der Waals surface area contributed by atoms with Crippen molar-refractivity contribution in [1.82, 2.24) is 0 Å². The molecule has 0 spiro atoms. The lowest BCUT2D eigenvalue weighted by atomic mass is 10.3. The van der Waals surface area contributed by atoms with Crippen LogP contribution >= 0.6 is 0 Å². The van der Waals surface area contributed by atoms with Crippen molar-refractivity contribution in [3.05, 3.63) is 12.2 Å². The molecule has 5 heteroatoms. The van der Waals surface area contributed by atoms with Gasteiger partial charge in [0.25, 0.3) is 0 Å². The monoisotopic (exact) mass is 124 g/mol. The number of rotatable bonds is 0. The van der Waals surface area contributed by atoms with Gasteiger partial charge in [-0.05, 0) is 0 Å². The Kier molecular flexibility index (Phi) is 2.51. The van der Waals surface area contributed by atoms with Crippen molar-refractivity contribution in [2.75, 3.05) is 0 Å². The van der Waals surface area contributed by atoms with E-state index in [0.29, 0.717) is 0 Å². The number of hydrogen-bond donors (Lipinski definition) is 1. The third-order valence-electron chi connectivity index (χ3n) is 0.204. The van der Waals surface area contributed by atoms with E-state index in [9.17, 15) is 12.9 Å². The summed E-state index contributed by atoms with van der Waals surface area (Å²) >= 11 is 0. The highest BCUT2D eigenvalue weighted by molar-refractivity contribution is 6.49. The lowest BCUT2D eigenvalue weighted by Crippen LogP contribution is -2.11. The van der Waals surface area contributed by atoms with Crippen LogP contribution in [0.15, 0.2) is 6.08 Å². The molecule has 8 heavy (non-hydrogen) atoms. The molecule has 0 aromatic heterocycles. The minimum absolute atomic E-state index is 1.12. The Morgan fingerprint density at radius 3 is 1.62 bits per heavy atom. The van der Waals surface area contributed by atoms with E-state index < -0.39 is 7.18 Å². The number of allylic oxidation sites excluding steroid dienone is 2. The normalized spacial score (nSPS) is 13.5. The molecule has 0 aromatic carbocycles. The van der Waals surface area contributed by atoms with Crippen LogP contribution in [0.2, 0.25) is 0 Å². The molecule has 0 atom stereocenters. The van der Waals surface area contributed by atoms with Crippen molar-refractivity contribution in [3.8, 4) is 0 Å². The summed E-state index contributed by atoms with van der Waals surface area (Å²) in [6.45, 7) is 0. The Balaban J connectivity index is 0.000000135. The second-order valence-corrected chi connectivity index (χ2v) is 1.15. The van der Waals surface area contributed by atoms with E-state index in [-0.39, 0.29) is 0 Å². The van der Waals surface area contributed by atoms with Gasteiger partial charge in [-0.25, -0.2) is 0 Å². The van der Waals surface area contributed by atoms with E-state index in [1.807, 2.05) is 6.08 Å². The second kappa shape index (κ2) is 2.69. The molecular weight excluding hydrogens is 120 g/mol. The lowest BCUT2D eigenvalue weighted by molar-refractivity contribution is 0.284. The highest BCUT2D eigenvalue weighted by Crippen LogP contribution is 1.98. The third-order valence-corrected chi connectivity index (χ3v) is 0.204. The fourth-order valence-electron chi connectivity index (χ4n) is 0. The van der Waals surface area contributed by atoms with Crippen molar-refractivity contribution in [2.24, 2.45) is 0 Å². The molecule has 1 aliphatic carbocycles. The molecule has 0 heterocycles. The molecule has 1 N–H and O–H groups in total. The van der Waals surface area contributed by atoms with Crippen LogP contribution in [0.1, 0.15) is 6.42 Å². The zero-order valence-electron chi connectivity index (χ0n) is 3.94. The van der Waals surface area contributed by atoms with Crippen LogP contribution < -0.4 is 0 Å². The summed E-state index contributed by atoms with van der Waals surface area (Å²) in [6, 6.07) is 0. The fraction of sp³-hybridized carbons (Fsp3) is 0.333. The molecule has 1 aliphatic rings. The topological polar surface area (TPSA) is 20.2 Å². The van der Waals surface area contributed by atoms with Crippen molar-refractivity contribution >= 4 is 7.18 Å². The summed E-state index contributed by atoms with van der Waals surface area (Å²) < 4.78 is 29.9. The molecule has 0 saturated carbocycles. The first-order chi connectivity index (χ1) is 3.50. The summed E-state index contributed by atoms with van der Waals surface area (Å²) in [7, 11) is -5.50. The fourth-order valence-corrected chi connectivity index (χ4v) is 0. The maximum Gasteiger partial charge on any atom is 0.635 e. The first kappa shape index (κ1) is 7.46. The minimum atomic E-state index is -5.50. The SMILES string of the molecule is O[B-](F)(F)F.[C+]1=CC1. The quantitative estimate of drug-likeness (QED) is 0.378. The molecule has 0 amide bonds. The first-order valence-corrected chi connectivity index (χ1v) is 1.96. The Labute approximate surface area is 44.9 Å². The summed E-state index contributed by atoms with van der Waals surface area (Å²) in [5.41, 5.74) is 0. The predicted octanol–water partition coefficient (Wildman–Crippen LogP) is 1.07. The van der Waals surface area contributed by atoms with Crippen LogP contribution in [0.25, 0.3) is 0 Å². The molecule has 0 radical (unpaired) electrons. The average Bonchev–Trinajstić information content (AvgIpc) is 1.95. The van der Waals surface area contributed by atoms with Crippen LogP contribution in [-0.2, 0) is 0 Å². The average molecular weight is 124 g/mol. The molecular formula is C3H4BF3O. The maximum atomic E-state index is 9.97. The molecule has 0 bridgehead atoms. The smallest absolute Gasteiger partial charge is 0.523 e. The predicted molar refractivity (Wildman–Crippen MR) is 23.7 cm³/mol. The lowest BCUT2D eigenvalue weighted by Gasteiger charge is -1.98. The Bertz CT molecular complexity index is 77.0. The number of halogens is 3. The van der Waals surface area contributed by atoms with Crippen LogP contribution in [0, 0.1) is 6.08 Å². The van der Waals surface area contributed by atoms with E-state index in [0.717, 1.165) is 6.42 Å². The largest absolute Gasteiger partial charge is 0.635 e. The summed E-state index contributed by atoms with van der Waals surface area (Å²) in [6.07, 6.45) is 6.00. The van der Waals surface area contributed by atoms with Crippen LogP contribution in [0.5, 0.6) is 0 Å². The van der Waals surface area contributed by atoms with E-state index in [4.69, 9.17) is 5.02 Å². The Morgan fingerprint density at radius 1 is 1.50 bits per heavy atom. The van der Waals surface area contributed by atoms with Gasteiger partial charge in [0, 0.05) is 0 Å². The van der Waals surface area contributed by atoms with Gasteiger partial charge in [-0.1, -0.05) is 0 Å². The maximum absolute atomic E-state index is 9.97. The molecule has 0 aliphatic heterocycles. The van der Waals surface area contributed by atoms with Gasteiger partial charge in [0.05, 0.1) is 0 Å². The van der Waals surface area contributed by atoms with E-state index in [2.05, 4.69) is 6.08 Å². The summed E-state index contributed by atoms with van der Waals surface area (Å²) in [5, 5.41) is 6.58. The van der Waals surface area contributed by atoms with Crippen LogP contribution in [0.3, 0.4) is 0 Å². The zero-order valence-corrected chi connectivity index (χ0v) is 3.94. The first-order valence-electron chi connectivity index (χ1n) is 1.96. The molecule has 0 saturated heterocycles. The Morgan fingerprint density at radius 2 is 1.62 bits per heavy atom. The Hall–Kier alpha value is -0.535.